The number of nitrogens with zero attached hydrogens (tertiary/aromatic N) is 3. The lowest BCUT2D eigenvalue weighted by molar-refractivity contribution is 0.111. The minimum atomic E-state index is 0.0505. The lowest BCUT2D eigenvalue weighted by Crippen LogP contribution is -2.35. The largest absolute Gasteiger partial charge is 0.507 e. The van der Waals surface area contributed by atoms with Crippen molar-refractivity contribution in [3.8, 4) is 11.5 Å². The molecule has 0 saturated carbocycles. The molecule has 1 aliphatic heterocycles. The molecule has 0 spiro atoms. The number of hydrogen-bond acceptors (Lipinski definition) is 7. The molecule has 7 heteroatoms. The molecule has 0 aromatic heterocycles. The number of rotatable bonds is 8. The number of hydrogen-bond donors (Lipinski definition) is 2. The van der Waals surface area contributed by atoms with Gasteiger partial charge in [-0.2, -0.15) is 0 Å². The van der Waals surface area contributed by atoms with E-state index in [0.717, 1.165) is 68.1 Å². The molecule has 4 rings (SSSR count). The van der Waals surface area contributed by atoms with Gasteiger partial charge in [-0.05, 0) is 42.7 Å². The van der Waals surface area contributed by atoms with Crippen LogP contribution in [0.3, 0.4) is 0 Å². The molecule has 0 bridgehead atoms. The SMILES string of the molecule is Cc1cc(C=O)c(O)c(CN2CCN(Cc3ccccc3)CCN(Cc3cc(C)cc(C=O)c3O)CC2)c1. The van der Waals surface area contributed by atoms with Crippen LogP contribution in [0.2, 0.25) is 0 Å². The van der Waals surface area contributed by atoms with E-state index in [-0.39, 0.29) is 11.5 Å². The van der Waals surface area contributed by atoms with Crippen LogP contribution >= 0.6 is 0 Å². The van der Waals surface area contributed by atoms with E-state index >= 15 is 0 Å². The second-order valence-electron chi connectivity index (χ2n) is 10.3. The van der Waals surface area contributed by atoms with E-state index in [1.807, 2.05) is 32.0 Å². The van der Waals surface area contributed by atoms with Crippen molar-refractivity contribution in [2.24, 2.45) is 0 Å². The Hall–Kier alpha value is -3.52. The Morgan fingerprint density at radius 2 is 1.03 bits per heavy atom. The number of aldehydes is 2. The molecule has 0 unspecified atom stereocenters. The minimum Gasteiger partial charge on any atom is -0.507 e. The van der Waals surface area contributed by atoms with Crippen molar-refractivity contribution in [1.82, 2.24) is 14.7 Å². The molecule has 1 aliphatic rings. The van der Waals surface area contributed by atoms with E-state index in [1.165, 1.54) is 5.56 Å². The van der Waals surface area contributed by atoms with Crippen LogP contribution in [0.5, 0.6) is 11.5 Å². The Labute approximate surface area is 224 Å². The highest BCUT2D eigenvalue weighted by atomic mass is 16.3. The highest BCUT2D eigenvalue weighted by molar-refractivity contribution is 5.81. The maximum atomic E-state index is 11.5. The summed E-state index contributed by atoms with van der Waals surface area (Å²) in [4.78, 5) is 30.0. The third-order valence-corrected chi connectivity index (χ3v) is 7.21. The number of aryl methyl sites for hydroxylation is 2. The summed E-state index contributed by atoms with van der Waals surface area (Å²) in [6, 6.07) is 17.7. The van der Waals surface area contributed by atoms with Gasteiger partial charge in [-0.15, -0.1) is 0 Å². The van der Waals surface area contributed by atoms with Gasteiger partial charge in [0.15, 0.2) is 12.6 Å². The van der Waals surface area contributed by atoms with E-state index in [0.29, 0.717) is 36.8 Å². The molecule has 0 amide bonds. The number of benzene rings is 3. The topological polar surface area (TPSA) is 84.3 Å². The van der Waals surface area contributed by atoms with Crippen molar-refractivity contribution >= 4 is 12.6 Å². The molecular formula is C31H37N3O4. The first-order valence-corrected chi connectivity index (χ1v) is 13.1. The molecule has 200 valence electrons. The number of carbonyl (C=O) groups is 2. The number of carbonyl (C=O) groups excluding carboxylic acids is 2. The summed E-state index contributed by atoms with van der Waals surface area (Å²) in [5, 5.41) is 21.4. The van der Waals surface area contributed by atoms with E-state index in [9.17, 15) is 19.8 Å². The van der Waals surface area contributed by atoms with Crippen molar-refractivity contribution in [3.05, 3.63) is 93.5 Å². The van der Waals surface area contributed by atoms with Gasteiger partial charge in [0.05, 0.1) is 11.1 Å². The van der Waals surface area contributed by atoms with Gasteiger partial charge < -0.3 is 10.2 Å². The summed E-state index contributed by atoms with van der Waals surface area (Å²) in [5.41, 5.74) is 5.27. The van der Waals surface area contributed by atoms with Crippen LogP contribution in [0.1, 0.15) is 48.5 Å². The summed E-state index contributed by atoms with van der Waals surface area (Å²) in [7, 11) is 0. The van der Waals surface area contributed by atoms with Crippen LogP contribution in [0.25, 0.3) is 0 Å². The van der Waals surface area contributed by atoms with Gasteiger partial charge in [0.25, 0.3) is 0 Å². The molecular weight excluding hydrogens is 478 g/mol. The van der Waals surface area contributed by atoms with Gasteiger partial charge in [0.2, 0.25) is 0 Å². The van der Waals surface area contributed by atoms with Gasteiger partial charge in [-0.3, -0.25) is 24.3 Å². The Morgan fingerprint density at radius 1 is 0.632 bits per heavy atom. The van der Waals surface area contributed by atoms with Crippen LogP contribution < -0.4 is 0 Å². The second kappa shape index (κ2) is 12.8. The Bertz CT molecular complexity index is 1180. The van der Waals surface area contributed by atoms with Crippen LogP contribution in [0.15, 0.2) is 54.6 Å². The predicted molar refractivity (Wildman–Crippen MR) is 149 cm³/mol. The standard InChI is InChI=1S/C31H37N3O4/c1-23-14-26(30(37)28(16-23)21-35)19-33-10-8-32(18-25-6-4-3-5-7-25)9-11-34(13-12-33)20-27-15-24(2)17-29(22-36)31(27)38/h3-7,14-17,21-22,37-38H,8-13,18-20H2,1-2H3. The normalized spacial score (nSPS) is 15.9. The quantitative estimate of drug-likeness (QED) is 0.436. The van der Waals surface area contributed by atoms with Crippen molar-refractivity contribution in [3.63, 3.8) is 0 Å². The summed E-state index contributed by atoms with van der Waals surface area (Å²) in [5.74, 6) is 0.101. The molecule has 7 nitrogen and oxygen atoms in total. The van der Waals surface area contributed by atoms with Crippen LogP contribution in [-0.2, 0) is 19.6 Å². The average molecular weight is 516 g/mol. The van der Waals surface area contributed by atoms with E-state index in [2.05, 4.69) is 39.0 Å². The number of phenols is 2. The Morgan fingerprint density at radius 3 is 1.42 bits per heavy atom. The fourth-order valence-corrected chi connectivity index (χ4v) is 5.17. The molecule has 2 N–H and O–H groups in total. The predicted octanol–water partition coefficient (Wildman–Crippen LogP) is 4.16. The van der Waals surface area contributed by atoms with E-state index < -0.39 is 0 Å². The third-order valence-electron chi connectivity index (χ3n) is 7.21. The van der Waals surface area contributed by atoms with Gasteiger partial charge in [0.1, 0.15) is 11.5 Å². The van der Waals surface area contributed by atoms with Crippen molar-refractivity contribution < 1.29 is 19.8 Å². The monoisotopic (exact) mass is 515 g/mol. The molecule has 38 heavy (non-hydrogen) atoms. The van der Waals surface area contributed by atoms with Crippen LogP contribution in [0.4, 0.5) is 0 Å². The number of aromatic hydroxyl groups is 2. The van der Waals surface area contributed by atoms with Crippen molar-refractivity contribution in [1.29, 1.82) is 0 Å². The highest BCUT2D eigenvalue weighted by Crippen LogP contribution is 2.26. The zero-order chi connectivity index (χ0) is 27.1. The molecule has 0 atom stereocenters. The van der Waals surface area contributed by atoms with Gasteiger partial charge in [0, 0.05) is 70.0 Å². The summed E-state index contributed by atoms with van der Waals surface area (Å²) in [6.07, 6.45) is 1.41. The summed E-state index contributed by atoms with van der Waals surface area (Å²) >= 11 is 0. The van der Waals surface area contributed by atoms with Crippen molar-refractivity contribution in [2.45, 2.75) is 33.5 Å². The highest BCUT2D eigenvalue weighted by Gasteiger charge is 2.20. The van der Waals surface area contributed by atoms with Crippen LogP contribution in [0, 0.1) is 13.8 Å². The molecule has 1 saturated heterocycles. The second-order valence-corrected chi connectivity index (χ2v) is 10.3. The maximum absolute atomic E-state index is 11.5. The Balaban J connectivity index is 1.57. The fourth-order valence-electron chi connectivity index (χ4n) is 5.17. The number of phenolic OH excluding ortho intramolecular Hbond substituents is 2. The molecule has 0 radical (unpaired) electrons. The maximum Gasteiger partial charge on any atom is 0.153 e. The lowest BCUT2D eigenvalue weighted by Gasteiger charge is -2.26. The lowest BCUT2D eigenvalue weighted by atomic mass is 10.0. The first-order chi connectivity index (χ1) is 18.4. The first kappa shape index (κ1) is 27.5. The molecule has 1 fully saturated rings. The molecule has 3 aromatic rings. The summed E-state index contributed by atoms with van der Waals surface area (Å²) < 4.78 is 0. The van der Waals surface area contributed by atoms with Gasteiger partial charge in [-0.1, -0.05) is 42.5 Å². The van der Waals surface area contributed by atoms with Crippen molar-refractivity contribution in [2.75, 3.05) is 39.3 Å². The smallest absolute Gasteiger partial charge is 0.153 e. The van der Waals surface area contributed by atoms with Gasteiger partial charge in [-0.25, -0.2) is 0 Å². The first-order valence-electron chi connectivity index (χ1n) is 13.1. The molecule has 3 aromatic carbocycles. The zero-order valence-corrected chi connectivity index (χ0v) is 22.3. The third kappa shape index (κ3) is 7.07. The van der Waals surface area contributed by atoms with Crippen LogP contribution in [-0.4, -0.2) is 76.8 Å². The molecule has 1 heterocycles. The Kier molecular flexibility index (Phi) is 9.29. The zero-order valence-electron chi connectivity index (χ0n) is 22.3. The van der Waals surface area contributed by atoms with Gasteiger partial charge >= 0.3 is 0 Å². The van der Waals surface area contributed by atoms with E-state index in [1.54, 1.807) is 12.1 Å². The van der Waals surface area contributed by atoms with E-state index in [4.69, 9.17) is 0 Å². The molecule has 0 aliphatic carbocycles. The average Bonchev–Trinajstić information content (AvgIpc) is 3.00. The minimum absolute atomic E-state index is 0.0505. The summed E-state index contributed by atoms with van der Waals surface area (Å²) in [6.45, 7) is 10.6. The fraction of sp³-hybridized carbons (Fsp3) is 0.355.